The molecule has 3 aromatic rings. The van der Waals surface area contributed by atoms with Crippen LogP contribution in [0.3, 0.4) is 0 Å². The molecule has 0 fully saturated rings. The van der Waals surface area contributed by atoms with Gasteiger partial charge in [0, 0.05) is 10.3 Å². The Balaban J connectivity index is 1.70. The summed E-state index contributed by atoms with van der Waals surface area (Å²) in [6.45, 7) is 5.63. The molecule has 11 heteroatoms. The number of aromatic nitrogens is 2. The molecule has 4 rings (SSSR count). The van der Waals surface area contributed by atoms with E-state index in [0.717, 1.165) is 32.4 Å². The number of rotatable bonds is 3. The number of hydrogen-bond acceptors (Lipinski definition) is 6. The van der Waals surface area contributed by atoms with Gasteiger partial charge in [-0.25, -0.2) is 9.97 Å². The molecular formula is C21H19F3N4O2S2. The molecule has 168 valence electrons. The van der Waals surface area contributed by atoms with Crippen LogP contribution in [0.25, 0.3) is 10.2 Å². The van der Waals surface area contributed by atoms with Gasteiger partial charge in [0.2, 0.25) is 11.8 Å². The second-order valence-electron chi connectivity index (χ2n) is 7.42. The second-order valence-corrected chi connectivity index (χ2v) is 9.59. The lowest BCUT2D eigenvalue weighted by Gasteiger charge is -2.31. The number of alkyl halides is 3. The van der Waals surface area contributed by atoms with E-state index in [2.05, 4.69) is 15.3 Å². The summed E-state index contributed by atoms with van der Waals surface area (Å²) in [5.74, 6) is -1.29. The van der Waals surface area contributed by atoms with Gasteiger partial charge in [-0.3, -0.25) is 14.5 Å². The Morgan fingerprint density at radius 3 is 2.69 bits per heavy atom. The van der Waals surface area contributed by atoms with Crippen molar-refractivity contribution in [3.63, 3.8) is 0 Å². The van der Waals surface area contributed by atoms with Crippen LogP contribution in [0.2, 0.25) is 0 Å². The first kappa shape index (κ1) is 22.5. The van der Waals surface area contributed by atoms with Crippen molar-refractivity contribution in [3.8, 4) is 0 Å². The largest absolute Gasteiger partial charge is 0.409 e. The number of amides is 2. The van der Waals surface area contributed by atoms with Crippen LogP contribution in [0, 0.1) is 20.8 Å². The summed E-state index contributed by atoms with van der Waals surface area (Å²) in [7, 11) is 0. The van der Waals surface area contributed by atoms with Crippen LogP contribution in [0.5, 0.6) is 0 Å². The monoisotopic (exact) mass is 480 g/mol. The van der Waals surface area contributed by atoms with E-state index >= 15 is 0 Å². The number of nitrogens with zero attached hydrogens (tertiary/aromatic N) is 3. The molecule has 6 nitrogen and oxygen atoms in total. The molecule has 1 atom stereocenters. The molecular weight excluding hydrogens is 461 g/mol. The maximum Gasteiger partial charge on any atom is 0.409 e. The number of thiophene rings is 1. The Bertz CT molecular complexity index is 1230. The highest BCUT2D eigenvalue weighted by atomic mass is 32.2. The van der Waals surface area contributed by atoms with Gasteiger partial charge in [-0.15, -0.1) is 11.3 Å². The number of carbonyl (C=O) groups is 2. The molecule has 2 aromatic heterocycles. The number of benzene rings is 1. The number of thioether (sulfide) groups is 1. The van der Waals surface area contributed by atoms with Crippen molar-refractivity contribution in [3.05, 3.63) is 40.5 Å². The molecule has 1 aliphatic heterocycles. The van der Waals surface area contributed by atoms with Gasteiger partial charge in [-0.05, 0) is 38.5 Å². The van der Waals surface area contributed by atoms with Gasteiger partial charge in [0.25, 0.3) is 0 Å². The SMILES string of the molecule is Cc1nc(SCC(=O)N2c3ccccc3NC(=O)CC2C(F)(F)F)c2c(C)c(C)sc2n1. The number of nitrogens with one attached hydrogen (secondary N) is 1. The summed E-state index contributed by atoms with van der Waals surface area (Å²) < 4.78 is 41.6. The molecule has 0 bridgehead atoms. The van der Waals surface area contributed by atoms with E-state index in [0.29, 0.717) is 15.8 Å². The van der Waals surface area contributed by atoms with Gasteiger partial charge in [-0.2, -0.15) is 13.2 Å². The number of hydrogen-bond donors (Lipinski definition) is 1. The second kappa shape index (κ2) is 8.36. The van der Waals surface area contributed by atoms with Crippen LogP contribution < -0.4 is 10.2 Å². The normalized spacial score (nSPS) is 16.6. The lowest BCUT2D eigenvalue weighted by atomic mass is 10.1. The molecule has 1 N–H and O–H groups in total. The van der Waals surface area contributed by atoms with E-state index in [1.54, 1.807) is 13.0 Å². The lowest BCUT2D eigenvalue weighted by Crippen LogP contribution is -2.50. The van der Waals surface area contributed by atoms with Gasteiger partial charge in [0.15, 0.2) is 0 Å². The average molecular weight is 481 g/mol. The molecule has 0 radical (unpaired) electrons. The first-order valence-electron chi connectivity index (χ1n) is 9.71. The highest BCUT2D eigenvalue weighted by Gasteiger charge is 2.48. The zero-order valence-corrected chi connectivity index (χ0v) is 19.0. The number of halogens is 3. The number of para-hydroxylation sites is 2. The van der Waals surface area contributed by atoms with Gasteiger partial charge in [-0.1, -0.05) is 23.9 Å². The molecule has 1 unspecified atom stereocenters. The molecule has 3 heterocycles. The van der Waals surface area contributed by atoms with Crippen molar-refractivity contribution < 1.29 is 22.8 Å². The van der Waals surface area contributed by atoms with Crippen molar-refractivity contribution in [2.75, 3.05) is 16.0 Å². The van der Waals surface area contributed by atoms with Crippen LogP contribution in [-0.4, -0.2) is 39.8 Å². The van der Waals surface area contributed by atoms with Crippen molar-refractivity contribution in [1.29, 1.82) is 0 Å². The van der Waals surface area contributed by atoms with Crippen molar-refractivity contribution >= 4 is 56.5 Å². The Kier molecular flexibility index (Phi) is 5.89. The summed E-state index contributed by atoms with van der Waals surface area (Å²) in [5.41, 5.74) is 1.19. The van der Waals surface area contributed by atoms with Gasteiger partial charge >= 0.3 is 6.18 Å². The summed E-state index contributed by atoms with van der Waals surface area (Å²) in [4.78, 5) is 36.7. The van der Waals surface area contributed by atoms with E-state index in [9.17, 15) is 22.8 Å². The molecule has 0 saturated carbocycles. The van der Waals surface area contributed by atoms with Crippen LogP contribution in [0.4, 0.5) is 24.5 Å². The topological polar surface area (TPSA) is 75.2 Å². The predicted octanol–water partition coefficient (Wildman–Crippen LogP) is 5.01. The number of anilines is 2. The maximum absolute atomic E-state index is 13.9. The Labute approximate surface area is 190 Å². The number of carbonyl (C=O) groups excluding carboxylic acids is 2. The van der Waals surface area contributed by atoms with Crippen molar-refractivity contribution in [1.82, 2.24) is 9.97 Å². The van der Waals surface area contributed by atoms with Crippen molar-refractivity contribution in [2.45, 2.75) is 44.4 Å². The van der Waals surface area contributed by atoms with E-state index < -0.39 is 30.5 Å². The Hall–Kier alpha value is -2.66. The molecule has 2 amide bonds. The Morgan fingerprint density at radius 2 is 1.97 bits per heavy atom. The van der Waals surface area contributed by atoms with E-state index in [4.69, 9.17) is 0 Å². The molecule has 0 saturated heterocycles. The van der Waals surface area contributed by atoms with E-state index in [1.807, 2.05) is 13.8 Å². The van der Waals surface area contributed by atoms with Crippen LogP contribution in [0.1, 0.15) is 22.7 Å². The van der Waals surface area contributed by atoms with Crippen LogP contribution >= 0.6 is 23.1 Å². The summed E-state index contributed by atoms with van der Waals surface area (Å²) >= 11 is 2.59. The fraction of sp³-hybridized carbons (Fsp3) is 0.333. The molecule has 0 aliphatic carbocycles. The highest BCUT2D eigenvalue weighted by Crippen LogP contribution is 2.39. The Morgan fingerprint density at radius 1 is 1.25 bits per heavy atom. The van der Waals surface area contributed by atoms with E-state index in [1.165, 1.54) is 29.5 Å². The van der Waals surface area contributed by atoms with Crippen LogP contribution in [0.15, 0.2) is 29.3 Å². The van der Waals surface area contributed by atoms with Crippen LogP contribution in [-0.2, 0) is 9.59 Å². The van der Waals surface area contributed by atoms with E-state index in [-0.39, 0.29) is 17.1 Å². The molecule has 1 aliphatic rings. The maximum atomic E-state index is 13.9. The predicted molar refractivity (Wildman–Crippen MR) is 119 cm³/mol. The minimum Gasteiger partial charge on any atom is -0.324 e. The first-order valence-corrected chi connectivity index (χ1v) is 11.5. The molecule has 32 heavy (non-hydrogen) atoms. The van der Waals surface area contributed by atoms with Gasteiger partial charge in [0.05, 0.1) is 23.5 Å². The zero-order valence-electron chi connectivity index (χ0n) is 17.4. The minimum absolute atomic E-state index is 0.0258. The highest BCUT2D eigenvalue weighted by molar-refractivity contribution is 8.00. The minimum atomic E-state index is -4.77. The smallest absolute Gasteiger partial charge is 0.324 e. The standard InChI is InChI=1S/C21H19F3N4O2S2/c1-10-11(2)32-20-18(10)19(25-12(3)26-20)31-9-17(30)28-14-7-5-4-6-13(14)27-16(29)8-15(28)21(22,23)24/h4-7,15H,8-9H2,1-3H3,(H,27,29). The third-order valence-electron chi connectivity index (χ3n) is 5.21. The third-order valence-corrected chi connectivity index (χ3v) is 7.28. The first-order chi connectivity index (χ1) is 15.1. The molecule has 0 spiro atoms. The van der Waals surface area contributed by atoms with Crippen molar-refractivity contribution in [2.24, 2.45) is 0 Å². The summed E-state index contributed by atoms with van der Waals surface area (Å²) in [5, 5.41) is 3.84. The molecule has 1 aromatic carbocycles. The zero-order chi connectivity index (χ0) is 23.2. The average Bonchev–Trinajstić information content (AvgIpc) is 2.89. The third kappa shape index (κ3) is 4.18. The fourth-order valence-corrected chi connectivity index (χ4v) is 5.74. The summed E-state index contributed by atoms with van der Waals surface area (Å²) in [6, 6.07) is 3.76. The number of aryl methyl sites for hydroxylation is 3. The quantitative estimate of drug-likeness (QED) is 0.421. The fourth-order valence-electron chi connectivity index (χ4n) is 3.61. The van der Waals surface area contributed by atoms with Gasteiger partial charge in [0.1, 0.15) is 21.7 Å². The summed E-state index contributed by atoms with van der Waals surface area (Å²) in [6.07, 6.45) is -5.64. The number of fused-ring (bicyclic) bond motifs is 2. The van der Waals surface area contributed by atoms with Gasteiger partial charge < -0.3 is 5.32 Å². The lowest BCUT2D eigenvalue weighted by molar-refractivity contribution is -0.157.